The molecule has 1 fully saturated rings. The first-order chi connectivity index (χ1) is 15.3. The van der Waals surface area contributed by atoms with Crippen LogP contribution >= 0.6 is 15.9 Å². The molecular weight excluding hydrogens is 472 g/mol. The number of ketones is 1. The van der Waals surface area contributed by atoms with E-state index in [1.807, 2.05) is 19.1 Å². The van der Waals surface area contributed by atoms with Crippen molar-refractivity contribution in [3.63, 3.8) is 0 Å². The molecule has 0 saturated heterocycles. The third-order valence-electron chi connectivity index (χ3n) is 6.63. The van der Waals surface area contributed by atoms with Crippen LogP contribution in [0.3, 0.4) is 0 Å². The molecule has 160 valence electrons. The maximum Gasteiger partial charge on any atom is 0.330 e. The standard InChI is InChI=1S/C26H19BrO5/c1-15-7-9-16(10-8-15)22(28)25(2)21-19-5-3-4-6-20(19)32-24(30)26(21,25)23(29)31-18-13-11-17(27)12-14-18/h3-14,21H,1-2H3/t21-,25+,26-/m1/s1. The Morgan fingerprint density at radius 3 is 2.31 bits per heavy atom. The van der Waals surface area contributed by atoms with Crippen molar-refractivity contribution in [2.75, 3.05) is 0 Å². The van der Waals surface area contributed by atoms with Crippen LogP contribution in [0.5, 0.6) is 11.5 Å². The summed E-state index contributed by atoms with van der Waals surface area (Å²) < 4.78 is 12.0. The molecule has 1 heterocycles. The highest BCUT2D eigenvalue weighted by atomic mass is 79.9. The van der Waals surface area contributed by atoms with Crippen LogP contribution in [0.4, 0.5) is 0 Å². The Morgan fingerprint density at radius 1 is 0.969 bits per heavy atom. The van der Waals surface area contributed by atoms with Crippen molar-refractivity contribution in [3.05, 3.63) is 94.0 Å². The fourth-order valence-corrected chi connectivity index (χ4v) is 5.17. The van der Waals surface area contributed by atoms with Gasteiger partial charge in [0.15, 0.2) is 11.2 Å². The lowest BCUT2D eigenvalue weighted by Crippen LogP contribution is -2.41. The first-order valence-corrected chi connectivity index (χ1v) is 11.0. The molecule has 1 aliphatic carbocycles. The van der Waals surface area contributed by atoms with Crippen LogP contribution in [0, 0.1) is 17.8 Å². The largest absolute Gasteiger partial charge is 0.426 e. The minimum absolute atomic E-state index is 0.287. The Bertz CT molecular complexity index is 1260. The molecule has 1 aliphatic heterocycles. The van der Waals surface area contributed by atoms with Crippen molar-refractivity contribution in [1.29, 1.82) is 0 Å². The average molecular weight is 491 g/mol. The second kappa shape index (κ2) is 7.14. The lowest BCUT2D eigenvalue weighted by atomic mass is 9.86. The zero-order valence-electron chi connectivity index (χ0n) is 17.4. The van der Waals surface area contributed by atoms with E-state index in [0.717, 1.165) is 10.0 Å². The van der Waals surface area contributed by atoms with Gasteiger partial charge in [0.05, 0.1) is 5.41 Å². The molecule has 0 aromatic heterocycles. The zero-order valence-corrected chi connectivity index (χ0v) is 19.0. The van der Waals surface area contributed by atoms with Gasteiger partial charge in [0, 0.05) is 21.5 Å². The van der Waals surface area contributed by atoms with E-state index in [9.17, 15) is 14.4 Å². The van der Waals surface area contributed by atoms with Crippen molar-refractivity contribution in [2.24, 2.45) is 10.8 Å². The van der Waals surface area contributed by atoms with E-state index >= 15 is 0 Å². The number of halogens is 1. The van der Waals surface area contributed by atoms with Crippen LogP contribution < -0.4 is 9.47 Å². The molecule has 3 aromatic rings. The summed E-state index contributed by atoms with van der Waals surface area (Å²) >= 11 is 3.34. The van der Waals surface area contributed by atoms with Gasteiger partial charge in [-0.15, -0.1) is 0 Å². The minimum Gasteiger partial charge on any atom is -0.426 e. The molecule has 0 spiro atoms. The zero-order chi connectivity index (χ0) is 22.7. The van der Waals surface area contributed by atoms with Crippen LogP contribution in [-0.4, -0.2) is 17.7 Å². The number of hydrogen-bond acceptors (Lipinski definition) is 5. The smallest absolute Gasteiger partial charge is 0.330 e. The number of carbonyl (C=O) groups is 3. The predicted molar refractivity (Wildman–Crippen MR) is 121 cm³/mol. The van der Waals surface area contributed by atoms with Crippen molar-refractivity contribution >= 4 is 33.7 Å². The number of para-hydroxylation sites is 1. The molecular formula is C26H19BrO5. The molecule has 1 saturated carbocycles. The van der Waals surface area contributed by atoms with Gasteiger partial charge < -0.3 is 9.47 Å². The lowest BCUT2D eigenvalue weighted by Gasteiger charge is -2.22. The van der Waals surface area contributed by atoms with Gasteiger partial charge in [-0.1, -0.05) is 64.0 Å². The molecule has 6 heteroatoms. The van der Waals surface area contributed by atoms with E-state index in [-0.39, 0.29) is 11.5 Å². The highest BCUT2D eigenvalue weighted by molar-refractivity contribution is 9.10. The Balaban J connectivity index is 1.62. The maximum atomic E-state index is 13.7. The number of carbonyl (C=O) groups excluding carboxylic acids is 3. The second-order valence-electron chi connectivity index (χ2n) is 8.41. The predicted octanol–water partition coefficient (Wildman–Crippen LogP) is 5.25. The van der Waals surface area contributed by atoms with Gasteiger partial charge in [-0.25, -0.2) is 0 Å². The van der Waals surface area contributed by atoms with Crippen LogP contribution in [0.2, 0.25) is 0 Å². The number of aryl methyl sites for hydroxylation is 1. The SMILES string of the molecule is Cc1ccc(C(=O)[C@]2(C)[C@H]3c4ccccc4OC(=O)[C@]32C(=O)Oc2ccc(Br)cc2)cc1. The molecule has 0 N–H and O–H groups in total. The van der Waals surface area contributed by atoms with E-state index in [2.05, 4.69) is 15.9 Å². The van der Waals surface area contributed by atoms with Gasteiger partial charge in [-0.3, -0.25) is 14.4 Å². The van der Waals surface area contributed by atoms with E-state index < -0.39 is 28.7 Å². The number of fused-ring (bicyclic) bond motifs is 3. The van der Waals surface area contributed by atoms with Gasteiger partial charge in [0.25, 0.3) is 0 Å². The fourth-order valence-electron chi connectivity index (χ4n) is 4.90. The average Bonchev–Trinajstić information content (AvgIpc) is 3.39. The Hall–Kier alpha value is -3.25. The number of benzene rings is 3. The Kier molecular flexibility index (Phi) is 4.60. The van der Waals surface area contributed by atoms with Crippen LogP contribution in [-0.2, 0) is 9.59 Å². The molecule has 0 unspecified atom stereocenters. The van der Waals surface area contributed by atoms with Gasteiger partial charge in [-0.2, -0.15) is 0 Å². The molecule has 32 heavy (non-hydrogen) atoms. The number of Topliss-reactive ketones (excluding diaryl/α,β-unsaturated/α-hetero) is 1. The van der Waals surface area contributed by atoms with Gasteiger partial charge in [0.2, 0.25) is 0 Å². The topological polar surface area (TPSA) is 69.7 Å². The van der Waals surface area contributed by atoms with E-state index in [4.69, 9.17) is 9.47 Å². The summed E-state index contributed by atoms with van der Waals surface area (Å²) in [5, 5.41) is 0. The van der Waals surface area contributed by atoms with Gasteiger partial charge in [0.1, 0.15) is 11.5 Å². The van der Waals surface area contributed by atoms with Crippen molar-refractivity contribution in [3.8, 4) is 11.5 Å². The number of rotatable bonds is 4. The first-order valence-electron chi connectivity index (χ1n) is 10.2. The summed E-state index contributed by atoms with van der Waals surface area (Å²) in [4.78, 5) is 40.6. The van der Waals surface area contributed by atoms with Crippen molar-refractivity contribution in [1.82, 2.24) is 0 Å². The van der Waals surface area contributed by atoms with Crippen molar-refractivity contribution < 1.29 is 23.9 Å². The monoisotopic (exact) mass is 490 g/mol. The van der Waals surface area contributed by atoms with E-state index in [1.165, 1.54) is 0 Å². The second-order valence-corrected chi connectivity index (χ2v) is 9.32. The molecule has 0 radical (unpaired) electrons. The number of esters is 2. The minimum atomic E-state index is -1.75. The molecule has 3 atom stereocenters. The van der Waals surface area contributed by atoms with E-state index in [1.54, 1.807) is 67.6 Å². The fraction of sp³-hybridized carbons (Fsp3) is 0.192. The summed E-state index contributed by atoms with van der Waals surface area (Å²) in [7, 11) is 0. The highest BCUT2D eigenvalue weighted by Crippen LogP contribution is 2.78. The summed E-state index contributed by atoms with van der Waals surface area (Å²) in [6, 6.07) is 20.8. The summed E-state index contributed by atoms with van der Waals surface area (Å²) in [6.07, 6.45) is 0. The van der Waals surface area contributed by atoms with Crippen LogP contribution in [0.1, 0.15) is 34.3 Å². The third kappa shape index (κ3) is 2.72. The third-order valence-corrected chi connectivity index (χ3v) is 7.16. The van der Waals surface area contributed by atoms with Crippen LogP contribution in [0.25, 0.3) is 0 Å². The highest BCUT2D eigenvalue weighted by Gasteiger charge is 2.89. The van der Waals surface area contributed by atoms with Crippen molar-refractivity contribution in [2.45, 2.75) is 19.8 Å². The molecule has 5 rings (SSSR count). The summed E-state index contributed by atoms with van der Waals surface area (Å²) in [5.41, 5.74) is -0.986. The molecule has 2 aliphatic rings. The molecule has 0 amide bonds. The van der Waals surface area contributed by atoms with Gasteiger partial charge in [-0.05, 0) is 44.2 Å². The Labute approximate surface area is 193 Å². The lowest BCUT2D eigenvalue weighted by molar-refractivity contribution is -0.156. The quantitative estimate of drug-likeness (QED) is 0.216. The summed E-state index contributed by atoms with van der Waals surface area (Å²) in [6.45, 7) is 3.59. The number of hydrogen-bond donors (Lipinski definition) is 0. The molecule has 3 aromatic carbocycles. The molecule has 5 nitrogen and oxygen atoms in total. The maximum absolute atomic E-state index is 13.7. The van der Waals surface area contributed by atoms with Crippen LogP contribution in [0.15, 0.2) is 77.3 Å². The number of ether oxygens (including phenoxy) is 2. The first kappa shape index (κ1) is 20.6. The normalized spacial score (nSPS) is 25.2. The van der Waals surface area contributed by atoms with Gasteiger partial charge >= 0.3 is 11.9 Å². The Morgan fingerprint density at radius 2 is 1.62 bits per heavy atom. The van der Waals surface area contributed by atoms with E-state index in [0.29, 0.717) is 16.9 Å². The summed E-state index contributed by atoms with van der Waals surface area (Å²) in [5.74, 6) is -1.85. The molecule has 0 bridgehead atoms.